The number of halogens is 1. The summed E-state index contributed by atoms with van der Waals surface area (Å²) in [5.74, 6) is 0.942. The van der Waals surface area contributed by atoms with E-state index in [4.69, 9.17) is 21.4 Å². The van der Waals surface area contributed by atoms with Gasteiger partial charge >= 0.3 is 6.03 Å². The zero-order valence-electron chi connectivity index (χ0n) is 20.5. The molecule has 1 aliphatic rings. The molecule has 7 nitrogen and oxygen atoms in total. The molecule has 3 heterocycles. The maximum Gasteiger partial charge on any atom is 0.318 e. The summed E-state index contributed by atoms with van der Waals surface area (Å²) in [5, 5.41) is 8.62. The number of carbonyl (C=O) groups excluding carboxylic acids is 1. The molecule has 0 fully saturated rings. The van der Waals surface area contributed by atoms with Gasteiger partial charge in [0.1, 0.15) is 5.82 Å². The fourth-order valence-corrected chi connectivity index (χ4v) is 4.99. The molecule has 4 aromatic rings. The topological polar surface area (TPSA) is 64.3 Å². The summed E-state index contributed by atoms with van der Waals surface area (Å²) in [7, 11) is 0. The summed E-state index contributed by atoms with van der Waals surface area (Å²) in [4.78, 5) is 15.6. The first-order valence-corrected chi connectivity index (χ1v) is 12.7. The Balaban J connectivity index is 1.61. The molecule has 1 atom stereocenters. The number of nitrogens with one attached hydrogen (secondary N) is 1. The fraction of sp³-hybridized carbons (Fsp3) is 0.286. The number of aromatic nitrogens is 3. The largest absolute Gasteiger partial charge is 0.382 e. The summed E-state index contributed by atoms with van der Waals surface area (Å²) in [5.41, 5.74) is 4.78. The Morgan fingerprint density at radius 3 is 2.75 bits per heavy atom. The van der Waals surface area contributed by atoms with Crippen molar-refractivity contribution in [1.82, 2.24) is 24.6 Å². The van der Waals surface area contributed by atoms with E-state index >= 15 is 0 Å². The van der Waals surface area contributed by atoms with Gasteiger partial charge in [-0.2, -0.15) is 5.10 Å². The van der Waals surface area contributed by atoms with Gasteiger partial charge in [0.25, 0.3) is 0 Å². The number of para-hydroxylation sites is 1. The molecule has 0 aliphatic carbocycles. The van der Waals surface area contributed by atoms with Crippen LogP contribution in [0, 0.1) is 6.92 Å². The van der Waals surface area contributed by atoms with Gasteiger partial charge in [0.05, 0.1) is 29.7 Å². The van der Waals surface area contributed by atoms with E-state index in [0.29, 0.717) is 31.3 Å². The van der Waals surface area contributed by atoms with Crippen molar-refractivity contribution in [2.75, 3.05) is 19.8 Å². The number of benzene rings is 2. The van der Waals surface area contributed by atoms with Gasteiger partial charge in [-0.15, -0.1) is 0 Å². The Morgan fingerprint density at radius 2 is 1.97 bits per heavy atom. The molecule has 2 aromatic heterocycles. The number of amides is 2. The molecular formula is C28H30ClN5O2. The average molecular weight is 504 g/mol. The molecular weight excluding hydrogens is 474 g/mol. The Morgan fingerprint density at radius 1 is 1.14 bits per heavy atom. The van der Waals surface area contributed by atoms with E-state index in [1.807, 2.05) is 90.3 Å². The SMILES string of the molecule is CCOCCCNC(=O)N1Cc2c(C)nn(-c3ccccc3)c2-n2cccc2[C@@H]1c1cccc(Cl)c1. The first-order valence-electron chi connectivity index (χ1n) is 12.3. The minimum atomic E-state index is -0.332. The molecule has 5 rings (SSSR count). The van der Waals surface area contributed by atoms with Crippen LogP contribution < -0.4 is 5.32 Å². The van der Waals surface area contributed by atoms with Gasteiger partial charge in [0.2, 0.25) is 0 Å². The number of aryl methyl sites for hydroxylation is 1. The predicted octanol–water partition coefficient (Wildman–Crippen LogP) is 5.67. The summed E-state index contributed by atoms with van der Waals surface area (Å²) in [6.07, 6.45) is 2.79. The standard InChI is InChI=1S/C28H30ClN5O2/c1-3-36-17-9-15-30-28(35)33-19-24-20(2)31-34(23-12-5-4-6-13-23)27(24)32-16-8-14-25(32)26(33)21-10-7-11-22(29)18-21/h4-8,10-14,16,18,26H,3,9,15,17,19H2,1-2H3,(H,30,35)/t26-/m0/s1. The third-order valence-electron chi connectivity index (χ3n) is 6.46. The molecule has 36 heavy (non-hydrogen) atoms. The smallest absolute Gasteiger partial charge is 0.318 e. The van der Waals surface area contributed by atoms with E-state index in [1.54, 1.807) is 0 Å². The van der Waals surface area contributed by atoms with Crippen molar-refractivity contribution in [3.63, 3.8) is 0 Å². The van der Waals surface area contributed by atoms with E-state index in [-0.39, 0.29) is 12.1 Å². The van der Waals surface area contributed by atoms with Crippen LogP contribution in [-0.2, 0) is 11.3 Å². The monoisotopic (exact) mass is 503 g/mol. The number of rotatable bonds is 7. The first-order chi connectivity index (χ1) is 17.6. The maximum absolute atomic E-state index is 13.7. The van der Waals surface area contributed by atoms with E-state index in [9.17, 15) is 4.79 Å². The van der Waals surface area contributed by atoms with Crippen LogP contribution >= 0.6 is 11.6 Å². The van der Waals surface area contributed by atoms with Gasteiger partial charge in [-0.3, -0.25) is 0 Å². The quantitative estimate of drug-likeness (QED) is 0.331. The summed E-state index contributed by atoms with van der Waals surface area (Å²) < 4.78 is 9.55. The fourth-order valence-electron chi connectivity index (χ4n) is 4.79. The number of carbonyl (C=O) groups is 1. The van der Waals surface area contributed by atoms with Gasteiger partial charge in [-0.05, 0) is 62.2 Å². The van der Waals surface area contributed by atoms with E-state index in [2.05, 4.69) is 16.0 Å². The summed E-state index contributed by atoms with van der Waals surface area (Å²) in [6, 6.07) is 21.4. The number of urea groups is 1. The molecule has 0 saturated carbocycles. The van der Waals surface area contributed by atoms with Crippen LogP contribution in [0.3, 0.4) is 0 Å². The van der Waals surface area contributed by atoms with Gasteiger partial charge in [-0.1, -0.05) is 41.9 Å². The maximum atomic E-state index is 13.7. The average Bonchev–Trinajstić information content (AvgIpc) is 3.44. The van der Waals surface area contributed by atoms with Crippen LogP contribution in [0.5, 0.6) is 0 Å². The minimum Gasteiger partial charge on any atom is -0.382 e. The molecule has 1 aliphatic heterocycles. The van der Waals surface area contributed by atoms with Crippen molar-refractivity contribution >= 4 is 17.6 Å². The van der Waals surface area contributed by atoms with Crippen LogP contribution in [0.2, 0.25) is 5.02 Å². The van der Waals surface area contributed by atoms with Crippen molar-refractivity contribution in [1.29, 1.82) is 0 Å². The van der Waals surface area contributed by atoms with Crippen molar-refractivity contribution in [2.24, 2.45) is 0 Å². The highest BCUT2D eigenvalue weighted by Crippen LogP contribution is 2.38. The second kappa shape index (κ2) is 10.6. The van der Waals surface area contributed by atoms with Crippen LogP contribution in [-0.4, -0.2) is 45.0 Å². The van der Waals surface area contributed by atoms with Crippen molar-refractivity contribution in [2.45, 2.75) is 32.9 Å². The van der Waals surface area contributed by atoms with Crippen LogP contribution in [0.4, 0.5) is 4.79 Å². The lowest BCUT2D eigenvalue weighted by molar-refractivity contribution is 0.143. The van der Waals surface area contributed by atoms with Crippen LogP contribution in [0.1, 0.15) is 41.9 Å². The molecule has 0 spiro atoms. The highest BCUT2D eigenvalue weighted by atomic mass is 35.5. The molecule has 2 aromatic carbocycles. The van der Waals surface area contributed by atoms with Crippen molar-refractivity contribution in [3.05, 3.63) is 100 Å². The Hall–Kier alpha value is -3.55. The lowest BCUT2D eigenvalue weighted by atomic mass is 10.0. The molecule has 2 amide bonds. The lowest BCUT2D eigenvalue weighted by Gasteiger charge is -2.31. The third kappa shape index (κ3) is 4.64. The highest BCUT2D eigenvalue weighted by molar-refractivity contribution is 6.30. The normalized spacial score (nSPS) is 14.8. The second-order valence-electron chi connectivity index (χ2n) is 8.81. The molecule has 1 N–H and O–H groups in total. The zero-order chi connectivity index (χ0) is 25.1. The van der Waals surface area contributed by atoms with Crippen LogP contribution in [0.15, 0.2) is 72.9 Å². The van der Waals surface area contributed by atoms with E-state index < -0.39 is 0 Å². The third-order valence-corrected chi connectivity index (χ3v) is 6.69. The van der Waals surface area contributed by atoms with Crippen molar-refractivity contribution < 1.29 is 9.53 Å². The molecule has 8 heteroatoms. The van der Waals surface area contributed by atoms with Gasteiger partial charge in [-0.25, -0.2) is 9.48 Å². The summed E-state index contributed by atoms with van der Waals surface area (Å²) >= 11 is 6.41. The van der Waals surface area contributed by atoms with Crippen molar-refractivity contribution in [3.8, 4) is 11.5 Å². The number of fused-ring (bicyclic) bond motifs is 3. The summed E-state index contributed by atoms with van der Waals surface area (Å²) in [6.45, 7) is 6.19. The number of ether oxygens (including phenoxy) is 1. The highest BCUT2D eigenvalue weighted by Gasteiger charge is 2.35. The number of hydrogen-bond donors (Lipinski definition) is 1. The minimum absolute atomic E-state index is 0.135. The van der Waals surface area contributed by atoms with Gasteiger partial charge < -0.3 is 19.5 Å². The van der Waals surface area contributed by atoms with Gasteiger partial charge in [0, 0.05) is 36.5 Å². The lowest BCUT2D eigenvalue weighted by Crippen LogP contribution is -2.42. The van der Waals surface area contributed by atoms with Gasteiger partial charge in [0.15, 0.2) is 0 Å². The molecule has 0 bridgehead atoms. The van der Waals surface area contributed by atoms with E-state index in [0.717, 1.165) is 40.4 Å². The Kier molecular flexibility index (Phi) is 7.11. The molecule has 0 unspecified atom stereocenters. The predicted molar refractivity (Wildman–Crippen MR) is 141 cm³/mol. The number of nitrogens with zero attached hydrogens (tertiary/aromatic N) is 4. The van der Waals surface area contributed by atoms with Crippen LogP contribution in [0.25, 0.3) is 11.5 Å². The first kappa shape index (κ1) is 24.2. The Bertz CT molecular complexity index is 1350. The zero-order valence-corrected chi connectivity index (χ0v) is 21.3. The molecule has 0 saturated heterocycles. The Labute approximate surface area is 216 Å². The van der Waals surface area contributed by atoms with E-state index in [1.165, 1.54) is 0 Å². The molecule has 0 radical (unpaired) electrons. The number of hydrogen-bond acceptors (Lipinski definition) is 3. The molecule has 186 valence electrons. The second-order valence-corrected chi connectivity index (χ2v) is 9.24.